The Morgan fingerprint density at radius 1 is 0.848 bits per heavy atom. The highest BCUT2D eigenvalue weighted by Gasteiger charge is 2.26. The first kappa shape index (κ1) is 26.5. The van der Waals surface area contributed by atoms with Gasteiger partial charge in [0.2, 0.25) is 11.5 Å². The van der Waals surface area contributed by atoms with Crippen LogP contribution in [0.1, 0.15) is 18.1 Å². The zero-order chi connectivity index (χ0) is 24.4. The first-order valence-electron chi connectivity index (χ1n) is 10.2. The second-order valence-electron chi connectivity index (χ2n) is 7.26. The molecule has 0 saturated heterocycles. The van der Waals surface area contributed by atoms with Crippen molar-refractivity contribution in [2.24, 2.45) is 0 Å². The molecule has 0 aliphatic rings. The highest BCUT2D eigenvalue weighted by atomic mass is 32.2. The molecule has 0 bridgehead atoms. The van der Waals surface area contributed by atoms with E-state index in [1.807, 2.05) is 13.0 Å². The van der Waals surface area contributed by atoms with Gasteiger partial charge in [-0.25, -0.2) is 8.42 Å². The predicted molar refractivity (Wildman–Crippen MR) is 125 cm³/mol. The fourth-order valence-corrected chi connectivity index (χ4v) is 4.80. The molecule has 8 nitrogen and oxygen atoms in total. The Morgan fingerprint density at radius 3 is 1.94 bits per heavy atom. The molecular formula is C24H32O8S. The van der Waals surface area contributed by atoms with Crippen molar-refractivity contribution in [1.29, 1.82) is 0 Å². The Labute approximate surface area is 195 Å². The summed E-state index contributed by atoms with van der Waals surface area (Å²) in [6, 6.07) is 8.39. The van der Waals surface area contributed by atoms with Crippen molar-refractivity contribution < 1.29 is 36.8 Å². The lowest BCUT2D eigenvalue weighted by Crippen LogP contribution is -2.10. The fourth-order valence-electron chi connectivity index (χ4n) is 3.35. The zero-order valence-electron chi connectivity index (χ0n) is 20.0. The molecule has 0 aromatic heterocycles. The maximum atomic E-state index is 12.7. The van der Waals surface area contributed by atoms with Crippen LogP contribution in [-0.4, -0.2) is 56.2 Å². The van der Waals surface area contributed by atoms with Gasteiger partial charge in [0.05, 0.1) is 24.9 Å². The van der Waals surface area contributed by atoms with Gasteiger partial charge in [-0.3, -0.25) is 0 Å². The monoisotopic (exact) mass is 480 g/mol. The molecular weight excluding hydrogens is 448 g/mol. The Morgan fingerprint density at radius 2 is 1.39 bits per heavy atom. The Bertz CT molecular complexity index is 1050. The summed E-state index contributed by atoms with van der Waals surface area (Å²) in [5.74, 6) is 1.52. The van der Waals surface area contributed by atoms with Crippen LogP contribution in [0.4, 0.5) is 0 Å². The largest absolute Gasteiger partial charge is 0.490 e. The van der Waals surface area contributed by atoms with Crippen LogP contribution in [0.25, 0.3) is 0 Å². The van der Waals surface area contributed by atoms with Gasteiger partial charge >= 0.3 is 0 Å². The number of methoxy groups -OCH3 is 4. The van der Waals surface area contributed by atoms with Crippen molar-refractivity contribution >= 4 is 9.84 Å². The minimum Gasteiger partial charge on any atom is -0.490 e. The van der Waals surface area contributed by atoms with Crippen molar-refractivity contribution in [3.05, 3.63) is 53.1 Å². The summed E-state index contributed by atoms with van der Waals surface area (Å²) in [6.07, 6.45) is 2.24. The van der Waals surface area contributed by atoms with Crippen molar-refractivity contribution in [1.82, 2.24) is 0 Å². The number of rotatable bonds is 13. The number of allylic oxidation sites excluding steroid dienone is 1. The normalized spacial score (nSPS) is 11.9. The second kappa shape index (κ2) is 12.5. The zero-order valence-corrected chi connectivity index (χ0v) is 20.8. The minimum absolute atomic E-state index is 0.00465. The van der Waals surface area contributed by atoms with E-state index in [1.165, 1.54) is 28.4 Å². The van der Waals surface area contributed by atoms with E-state index in [0.29, 0.717) is 39.9 Å². The lowest BCUT2D eigenvalue weighted by atomic mass is 10.0. The van der Waals surface area contributed by atoms with Gasteiger partial charge in [-0.15, -0.1) is 0 Å². The summed E-state index contributed by atoms with van der Waals surface area (Å²) in [5.41, 5.74) is 2.21. The second-order valence-corrected chi connectivity index (χ2v) is 9.25. The number of ether oxygens (including phenoxy) is 6. The Hall–Kier alpha value is -2.75. The molecule has 0 fully saturated rings. The molecule has 2 rings (SSSR count). The molecule has 0 saturated carbocycles. The maximum absolute atomic E-state index is 12.7. The molecule has 0 unspecified atom stereocenters. The summed E-state index contributed by atoms with van der Waals surface area (Å²) in [7, 11) is 2.61. The minimum atomic E-state index is -3.45. The van der Waals surface area contributed by atoms with Gasteiger partial charge in [0.1, 0.15) is 0 Å². The van der Waals surface area contributed by atoms with E-state index < -0.39 is 9.84 Å². The van der Waals surface area contributed by atoms with Crippen LogP contribution < -0.4 is 18.9 Å². The van der Waals surface area contributed by atoms with E-state index in [1.54, 1.807) is 37.3 Å². The van der Waals surface area contributed by atoms with E-state index in [4.69, 9.17) is 28.4 Å². The van der Waals surface area contributed by atoms with Crippen LogP contribution in [-0.2, 0) is 25.7 Å². The number of hydrogen-bond donors (Lipinski definition) is 0. The van der Waals surface area contributed by atoms with Crippen molar-refractivity contribution in [2.45, 2.75) is 25.2 Å². The van der Waals surface area contributed by atoms with Crippen LogP contribution in [0.5, 0.6) is 23.0 Å². The van der Waals surface area contributed by atoms with Crippen LogP contribution in [0.2, 0.25) is 0 Å². The van der Waals surface area contributed by atoms with Gasteiger partial charge < -0.3 is 28.4 Å². The molecule has 0 atom stereocenters. The SMILES string of the molecule is COCOc1c(C)c(C/C=C(\C)CS(=O)(=O)c2ccccc2)c(OCOC)c(OC)c1OC. The van der Waals surface area contributed by atoms with Gasteiger partial charge in [0.25, 0.3) is 0 Å². The topological polar surface area (TPSA) is 89.5 Å². The van der Waals surface area contributed by atoms with E-state index in [0.717, 1.165) is 11.1 Å². The van der Waals surface area contributed by atoms with Gasteiger partial charge in [-0.1, -0.05) is 29.8 Å². The predicted octanol–water partition coefficient (Wildman–Crippen LogP) is 3.94. The lowest BCUT2D eigenvalue weighted by molar-refractivity contribution is 0.0439. The van der Waals surface area contributed by atoms with Crippen molar-refractivity contribution in [3.63, 3.8) is 0 Å². The average Bonchev–Trinajstić information content (AvgIpc) is 2.81. The molecule has 2 aromatic carbocycles. The highest BCUT2D eigenvalue weighted by Crippen LogP contribution is 2.49. The summed E-state index contributed by atoms with van der Waals surface area (Å²) in [4.78, 5) is 0.291. The van der Waals surface area contributed by atoms with Gasteiger partial charge in [-0.2, -0.15) is 0 Å². The number of benzene rings is 2. The van der Waals surface area contributed by atoms with E-state index in [-0.39, 0.29) is 19.3 Å². The maximum Gasteiger partial charge on any atom is 0.207 e. The van der Waals surface area contributed by atoms with E-state index in [2.05, 4.69) is 0 Å². The van der Waals surface area contributed by atoms with Gasteiger partial charge in [0.15, 0.2) is 34.9 Å². The van der Waals surface area contributed by atoms with Gasteiger partial charge in [-0.05, 0) is 32.4 Å². The first-order valence-corrected chi connectivity index (χ1v) is 11.9. The summed E-state index contributed by atoms with van der Waals surface area (Å²) >= 11 is 0. The third-order valence-electron chi connectivity index (χ3n) is 4.91. The van der Waals surface area contributed by atoms with E-state index >= 15 is 0 Å². The number of sulfone groups is 1. The smallest absolute Gasteiger partial charge is 0.207 e. The fraction of sp³-hybridized carbons (Fsp3) is 0.417. The van der Waals surface area contributed by atoms with Crippen LogP contribution >= 0.6 is 0 Å². The van der Waals surface area contributed by atoms with Crippen LogP contribution in [0, 0.1) is 6.92 Å². The molecule has 0 aliphatic carbocycles. The quantitative estimate of drug-likeness (QED) is 0.315. The third kappa shape index (κ3) is 6.63. The van der Waals surface area contributed by atoms with Crippen LogP contribution in [0.3, 0.4) is 0 Å². The third-order valence-corrected chi connectivity index (χ3v) is 6.74. The molecule has 0 radical (unpaired) electrons. The van der Waals surface area contributed by atoms with Crippen molar-refractivity contribution in [2.75, 3.05) is 47.8 Å². The van der Waals surface area contributed by atoms with Crippen LogP contribution in [0.15, 0.2) is 46.9 Å². The summed E-state index contributed by atoms with van der Waals surface area (Å²) in [6.45, 7) is 3.66. The molecule has 0 heterocycles. The molecule has 0 aliphatic heterocycles. The molecule has 9 heteroatoms. The highest BCUT2D eigenvalue weighted by molar-refractivity contribution is 7.91. The molecule has 33 heavy (non-hydrogen) atoms. The molecule has 0 N–H and O–H groups in total. The molecule has 182 valence electrons. The average molecular weight is 481 g/mol. The number of hydrogen-bond acceptors (Lipinski definition) is 8. The Kier molecular flexibility index (Phi) is 10.0. The Balaban J connectivity index is 2.48. The van der Waals surface area contributed by atoms with Crippen molar-refractivity contribution in [3.8, 4) is 23.0 Å². The summed E-state index contributed by atoms with van der Waals surface area (Å²) in [5, 5.41) is 0. The lowest BCUT2D eigenvalue weighted by Gasteiger charge is -2.22. The molecule has 0 spiro atoms. The molecule has 2 aromatic rings. The summed E-state index contributed by atoms with van der Waals surface area (Å²) < 4.78 is 58.3. The van der Waals surface area contributed by atoms with Gasteiger partial charge in [0, 0.05) is 25.3 Å². The molecule has 0 amide bonds. The standard InChI is InChI=1S/C24H32O8S/c1-17(14-33(25,26)19-10-8-7-9-11-19)12-13-20-18(2)21(31-15-27-3)23(29-5)24(30-6)22(20)32-16-28-4/h7-12H,13-16H2,1-6H3/b17-12+. The van der Waals surface area contributed by atoms with E-state index in [9.17, 15) is 8.42 Å². The first-order chi connectivity index (χ1) is 15.8.